The predicted molar refractivity (Wildman–Crippen MR) is 61.9 cm³/mol. The minimum absolute atomic E-state index is 0.0918. The maximum absolute atomic E-state index is 6.02. The van der Waals surface area contributed by atoms with Crippen molar-refractivity contribution in [2.75, 3.05) is 0 Å². The van der Waals surface area contributed by atoms with Crippen LogP contribution >= 0.6 is 0 Å². The molecule has 3 rings (SSSR count). The zero-order valence-electron chi connectivity index (χ0n) is 9.63. The van der Waals surface area contributed by atoms with Gasteiger partial charge in [-0.05, 0) is 37.8 Å². The lowest BCUT2D eigenvalue weighted by atomic mass is 10.2. The van der Waals surface area contributed by atoms with Crippen molar-refractivity contribution in [3.8, 4) is 11.5 Å². The van der Waals surface area contributed by atoms with E-state index in [9.17, 15) is 0 Å². The summed E-state index contributed by atoms with van der Waals surface area (Å²) in [4.78, 5) is 8.53. The highest BCUT2D eigenvalue weighted by Crippen LogP contribution is 2.38. The molecule has 2 aromatic heterocycles. The molecule has 1 unspecified atom stereocenters. The molecule has 17 heavy (non-hydrogen) atoms. The molecule has 5 nitrogen and oxygen atoms in total. The number of pyridine rings is 1. The quantitative estimate of drug-likeness (QED) is 0.870. The summed E-state index contributed by atoms with van der Waals surface area (Å²) in [5.74, 6) is 1.61. The Morgan fingerprint density at radius 2 is 2.24 bits per heavy atom. The lowest BCUT2D eigenvalue weighted by Gasteiger charge is -2.01. The van der Waals surface area contributed by atoms with Gasteiger partial charge in [-0.3, -0.25) is 4.98 Å². The van der Waals surface area contributed by atoms with Crippen LogP contribution in [0.3, 0.4) is 0 Å². The van der Waals surface area contributed by atoms with E-state index >= 15 is 0 Å². The summed E-state index contributed by atoms with van der Waals surface area (Å²) in [6.07, 6.45) is 4.06. The van der Waals surface area contributed by atoms with Gasteiger partial charge in [0.1, 0.15) is 0 Å². The van der Waals surface area contributed by atoms with Gasteiger partial charge in [-0.15, -0.1) is 0 Å². The summed E-state index contributed by atoms with van der Waals surface area (Å²) in [6, 6.07) is 3.74. The Kier molecular flexibility index (Phi) is 2.40. The van der Waals surface area contributed by atoms with Crippen LogP contribution in [-0.2, 0) is 0 Å². The number of hydrogen-bond donors (Lipinski definition) is 1. The van der Waals surface area contributed by atoms with Crippen LogP contribution in [0.2, 0.25) is 0 Å². The summed E-state index contributed by atoms with van der Waals surface area (Å²) in [6.45, 7) is 1.94. The Labute approximate surface area is 99.1 Å². The molecule has 1 aliphatic rings. The highest BCUT2D eigenvalue weighted by atomic mass is 16.5. The minimum atomic E-state index is -0.0918. The molecule has 0 amide bonds. The van der Waals surface area contributed by atoms with Crippen LogP contribution in [0.5, 0.6) is 0 Å². The molecule has 0 aromatic carbocycles. The molecular weight excluding hydrogens is 216 g/mol. The van der Waals surface area contributed by atoms with Crippen molar-refractivity contribution in [1.82, 2.24) is 15.1 Å². The molecule has 1 saturated carbocycles. The van der Waals surface area contributed by atoms with Gasteiger partial charge in [-0.25, -0.2) is 0 Å². The third-order valence-electron chi connectivity index (χ3n) is 3.03. The monoisotopic (exact) mass is 230 g/mol. The number of aromatic nitrogens is 3. The van der Waals surface area contributed by atoms with E-state index in [0.717, 1.165) is 24.1 Å². The van der Waals surface area contributed by atoms with E-state index in [1.54, 1.807) is 6.20 Å². The lowest BCUT2D eigenvalue weighted by molar-refractivity contribution is 0.411. The van der Waals surface area contributed by atoms with Crippen molar-refractivity contribution in [3.05, 3.63) is 29.8 Å². The van der Waals surface area contributed by atoms with Gasteiger partial charge in [0.15, 0.2) is 5.82 Å². The Morgan fingerprint density at radius 1 is 1.41 bits per heavy atom. The van der Waals surface area contributed by atoms with Crippen LogP contribution in [0, 0.1) is 12.8 Å². The van der Waals surface area contributed by atoms with Gasteiger partial charge in [-0.1, -0.05) is 5.16 Å². The number of nitrogens with zero attached hydrogens (tertiary/aromatic N) is 3. The maximum atomic E-state index is 6.02. The number of aryl methyl sites for hydroxylation is 1. The molecule has 0 radical (unpaired) electrons. The molecule has 0 saturated heterocycles. The maximum Gasteiger partial charge on any atom is 0.259 e. The second-order valence-corrected chi connectivity index (χ2v) is 4.51. The molecule has 1 aliphatic carbocycles. The first-order valence-electron chi connectivity index (χ1n) is 5.76. The molecule has 0 bridgehead atoms. The van der Waals surface area contributed by atoms with Crippen molar-refractivity contribution in [1.29, 1.82) is 0 Å². The molecular formula is C12H14N4O. The predicted octanol–water partition coefficient (Wildman–Crippen LogP) is 1.85. The Bertz CT molecular complexity index is 516. The van der Waals surface area contributed by atoms with Gasteiger partial charge in [0, 0.05) is 11.9 Å². The smallest absolute Gasteiger partial charge is 0.259 e. The van der Waals surface area contributed by atoms with Gasteiger partial charge < -0.3 is 10.3 Å². The summed E-state index contributed by atoms with van der Waals surface area (Å²) < 4.78 is 5.21. The molecule has 0 spiro atoms. The molecule has 0 aliphatic heterocycles. The summed E-state index contributed by atoms with van der Waals surface area (Å²) in [5.41, 5.74) is 7.81. The average molecular weight is 230 g/mol. The Hall–Kier alpha value is -1.75. The van der Waals surface area contributed by atoms with E-state index in [2.05, 4.69) is 15.1 Å². The average Bonchev–Trinajstić information content (AvgIpc) is 3.07. The largest absolute Gasteiger partial charge is 0.334 e. The molecule has 88 valence electrons. The fourth-order valence-corrected chi connectivity index (χ4v) is 1.75. The first kappa shape index (κ1) is 10.4. The standard InChI is InChI=1S/C12H14N4O/c1-7-2-3-9(6-14-7)12-15-11(16-17-12)10(13)8-4-5-8/h2-3,6,8,10H,4-5,13H2,1H3. The third kappa shape index (κ3) is 2.06. The lowest BCUT2D eigenvalue weighted by Crippen LogP contribution is -2.13. The molecule has 1 fully saturated rings. The van der Waals surface area contributed by atoms with E-state index in [1.807, 2.05) is 19.1 Å². The van der Waals surface area contributed by atoms with Gasteiger partial charge in [0.25, 0.3) is 5.89 Å². The normalized spacial score (nSPS) is 17.1. The number of nitrogens with two attached hydrogens (primary N) is 1. The third-order valence-corrected chi connectivity index (χ3v) is 3.03. The van der Waals surface area contributed by atoms with Crippen molar-refractivity contribution < 1.29 is 4.52 Å². The highest BCUT2D eigenvalue weighted by Gasteiger charge is 2.32. The summed E-state index contributed by atoms with van der Waals surface area (Å²) >= 11 is 0. The zero-order chi connectivity index (χ0) is 11.8. The first-order valence-corrected chi connectivity index (χ1v) is 5.76. The van der Waals surface area contributed by atoms with E-state index in [0.29, 0.717) is 17.6 Å². The number of rotatable bonds is 3. The van der Waals surface area contributed by atoms with Crippen molar-refractivity contribution in [2.45, 2.75) is 25.8 Å². The first-order chi connectivity index (χ1) is 8.24. The topological polar surface area (TPSA) is 77.8 Å². The fourth-order valence-electron chi connectivity index (χ4n) is 1.75. The second-order valence-electron chi connectivity index (χ2n) is 4.51. The molecule has 2 N–H and O–H groups in total. The van der Waals surface area contributed by atoms with E-state index in [1.165, 1.54) is 0 Å². The molecule has 2 heterocycles. The second kappa shape index (κ2) is 3.92. The van der Waals surface area contributed by atoms with Crippen molar-refractivity contribution in [2.24, 2.45) is 11.7 Å². The molecule has 1 atom stereocenters. The van der Waals surface area contributed by atoms with E-state index in [-0.39, 0.29) is 6.04 Å². The van der Waals surface area contributed by atoms with Gasteiger partial charge in [0.05, 0.1) is 11.6 Å². The Balaban J connectivity index is 1.86. The van der Waals surface area contributed by atoms with Crippen molar-refractivity contribution >= 4 is 0 Å². The summed E-state index contributed by atoms with van der Waals surface area (Å²) in [7, 11) is 0. The van der Waals surface area contributed by atoms with Gasteiger partial charge in [-0.2, -0.15) is 4.98 Å². The van der Waals surface area contributed by atoms with Crippen LogP contribution < -0.4 is 5.73 Å². The van der Waals surface area contributed by atoms with Gasteiger partial charge >= 0.3 is 0 Å². The van der Waals surface area contributed by atoms with Crippen LogP contribution in [0.25, 0.3) is 11.5 Å². The van der Waals surface area contributed by atoms with Crippen LogP contribution in [0.15, 0.2) is 22.9 Å². The van der Waals surface area contributed by atoms with Crippen LogP contribution in [0.4, 0.5) is 0 Å². The van der Waals surface area contributed by atoms with Crippen molar-refractivity contribution in [3.63, 3.8) is 0 Å². The zero-order valence-corrected chi connectivity index (χ0v) is 9.63. The van der Waals surface area contributed by atoms with Crippen LogP contribution in [0.1, 0.15) is 30.4 Å². The fraction of sp³-hybridized carbons (Fsp3) is 0.417. The number of hydrogen-bond acceptors (Lipinski definition) is 5. The summed E-state index contributed by atoms with van der Waals surface area (Å²) in [5, 5.41) is 3.94. The van der Waals surface area contributed by atoms with Crippen LogP contribution in [-0.4, -0.2) is 15.1 Å². The Morgan fingerprint density at radius 3 is 2.88 bits per heavy atom. The minimum Gasteiger partial charge on any atom is -0.334 e. The van der Waals surface area contributed by atoms with E-state index < -0.39 is 0 Å². The highest BCUT2D eigenvalue weighted by molar-refractivity contribution is 5.50. The SMILES string of the molecule is Cc1ccc(-c2nc(C(N)C3CC3)no2)cn1. The van der Waals surface area contributed by atoms with Gasteiger partial charge in [0.2, 0.25) is 0 Å². The molecule has 2 aromatic rings. The van der Waals surface area contributed by atoms with E-state index in [4.69, 9.17) is 10.3 Å². The molecule has 5 heteroatoms.